The zero-order chi connectivity index (χ0) is 29.1. The first-order chi connectivity index (χ1) is 20.3. The molecule has 0 spiro atoms. The Bertz CT molecular complexity index is 1700. The van der Waals surface area contributed by atoms with Gasteiger partial charge in [0.1, 0.15) is 16.5 Å². The highest BCUT2D eigenvalue weighted by Crippen LogP contribution is 2.33. The van der Waals surface area contributed by atoms with Crippen LogP contribution < -0.4 is 10.1 Å². The van der Waals surface area contributed by atoms with Gasteiger partial charge in [-0.05, 0) is 57.0 Å². The molecule has 42 heavy (non-hydrogen) atoms. The minimum atomic E-state index is -3.38. The van der Waals surface area contributed by atoms with Crippen molar-refractivity contribution in [3.63, 3.8) is 0 Å². The van der Waals surface area contributed by atoms with Crippen molar-refractivity contribution in [2.75, 3.05) is 25.5 Å². The van der Waals surface area contributed by atoms with Crippen LogP contribution in [0.15, 0.2) is 64.9 Å². The molecule has 1 amide bonds. The summed E-state index contributed by atoms with van der Waals surface area (Å²) in [6.07, 6.45) is 6.47. The van der Waals surface area contributed by atoms with Crippen LogP contribution >= 0.6 is 11.3 Å². The molecule has 14 heteroatoms. The normalized spacial score (nSPS) is 16.8. The maximum atomic E-state index is 13.4. The number of nitrogens with zero attached hydrogens (tertiary/aromatic N) is 6. The number of oxime groups is 1. The number of benzene rings is 1. The maximum Gasteiger partial charge on any atom is 0.280 e. The first-order valence-electron chi connectivity index (χ1n) is 13.6. The van der Waals surface area contributed by atoms with Crippen molar-refractivity contribution in [1.29, 1.82) is 0 Å². The lowest BCUT2D eigenvalue weighted by molar-refractivity contribution is -0.110. The van der Waals surface area contributed by atoms with Crippen LogP contribution in [0.25, 0.3) is 10.3 Å². The molecule has 1 saturated carbocycles. The van der Waals surface area contributed by atoms with Crippen LogP contribution in [0.1, 0.15) is 37.1 Å². The number of pyridine rings is 1. The molecule has 6 rings (SSSR count). The van der Waals surface area contributed by atoms with E-state index in [4.69, 9.17) is 9.57 Å². The number of carbonyl (C=O) groups excluding carboxylic acids is 1. The molecule has 0 bridgehead atoms. The largest absolute Gasteiger partial charge is 0.474 e. The predicted octanol–water partition coefficient (Wildman–Crippen LogP) is 3.45. The second-order valence-electron chi connectivity index (χ2n) is 10.2. The van der Waals surface area contributed by atoms with Crippen LogP contribution in [0.2, 0.25) is 0 Å². The molecule has 2 fully saturated rings. The standard InChI is InChI=1S/C28H29N7O5S2/c1-35-15-11-19(12-16-35)40-24-10-9-22-27(32-24)41-28(31-22)33-26(36)25(34-39-17-23-29-13-2-14-30-23)18-3-5-20(6-4-18)42(37,38)21-7-8-21/h2-6,9-10,13-14,19,21H,7-8,11-12,15-17H2,1H3,(H,31,33,36). The van der Waals surface area contributed by atoms with Crippen LogP contribution in [0.4, 0.5) is 5.13 Å². The lowest BCUT2D eigenvalue weighted by atomic mass is 10.1. The van der Waals surface area contributed by atoms with E-state index in [-0.39, 0.29) is 28.6 Å². The van der Waals surface area contributed by atoms with E-state index in [2.05, 4.69) is 42.4 Å². The van der Waals surface area contributed by atoms with Gasteiger partial charge in [0.15, 0.2) is 33.1 Å². The average Bonchev–Trinajstić information content (AvgIpc) is 3.79. The zero-order valence-corrected chi connectivity index (χ0v) is 24.5. The van der Waals surface area contributed by atoms with Crippen molar-refractivity contribution >= 4 is 48.3 Å². The quantitative estimate of drug-likeness (QED) is 0.210. The number of ether oxygens (including phenoxy) is 1. The molecule has 218 valence electrons. The fourth-order valence-corrected chi connectivity index (χ4v) is 6.99. The van der Waals surface area contributed by atoms with Crippen LogP contribution in [-0.2, 0) is 26.1 Å². The summed E-state index contributed by atoms with van der Waals surface area (Å²) in [5.74, 6) is 0.338. The minimum Gasteiger partial charge on any atom is -0.474 e. The number of hydrogen-bond acceptors (Lipinski definition) is 12. The molecule has 2 aliphatic rings. The van der Waals surface area contributed by atoms with E-state index < -0.39 is 15.7 Å². The van der Waals surface area contributed by atoms with E-state index in [0.29, 0.717) is 45.6 Å². The summed E-state index contributed by atoms with van der Waals surface area (Å²) in [5.41, 5.74) is 0.945. The number of thiazole rings is 1. The lowest BCUT2D eigenvalue weighted by Crippen LogP contribution is -2.35. The summed E-state index contributed by atoms with van der Waals surface area (Å²) in [5, 5.41) is 6.84. The van der Waals surface area contributed by atoms with Gasteiger partial charge >= 0.3 is 0 Å². The Morgan fingerprint density at radius 2 is 1.79 bits per heavy atom. The monoisotopic (exact) mass is 607 g/mol. The number of piperidine rings is 1. The molecule has 1 aliphatic heterocycles. The summed E-state index contributed by atoms with van der Waals surface area (Å²) < 4.78 is 31.4. The van der Waals surface area contributed by atoms with Crippen LogP contribution in [0.5, 0.6) is 5.88 Å². The SMILES string of the molecule is CN1CCC(Oc2ccc3nc(NC(=O)C(=NOCc4ncccn4)c4ccc(S(=O)(=O)C5CC5)cc4)sc3n2)CC1. The van der Waals surface area contributed by atoms with Crippen LogP contribution in [0, 0.1) is 0 Å². The van der Waals surface area contributed by atoms with Gasteiger partial charge in [0, 0.05) is 37.1 Å². The van der Waals surface area contributed by atoms with E-state index in [9.17, 15) is 13.2 Å². The van der Waals surface area contributed by atoms with Gasteiger partial charge in [-0.15, -0.1) is 0 Å². The number of amides is 1. The highest BCUT2D eigenvalue weighted by Gasteiger charge is 2.36. The fraction of sp³-hybridized carbons (Fsp3) is 0.357. The molecule has 1 aromatic carbocycles. The Morgan fingerprint density at radius 3 is 2.50 bits per heavy atom. The van der Waals surface area contributed by atoms with Gasteiger partial charge in [-0.1, -0.05) is 28.6 Å². The molecule has 12 nitrogen and oxygen atoms in total. The van der Waals surface area contributed by atoms with Crippen molar-refractivity contribution in [3.8, 4) is 5.88 Å². The molecule has 1 N–H and O–H groups in total. The topological polar surface area (TPSA) is 149 Å². The number of rotatable bonds is 10. The van der Waals surface area contributed by atoms with Gasteiger partial charge in [-0.25, -0.2) is 28.4 Å². The Hall–Kier alpha value is -4.01. The molecule has 3 aromatic heterocycles. The number of fused-ring (bicyclic) bond motifs is 1. The van der Waals surface area contributed by atoms with Crippen LogP contribution in [-0.4, -0.2) is 76.4 Å². The molecular formula is C28H29N7O5S2. The van der Waals surface area contributed by atoms with Crippen molar-refractivity contribution in [2.45, 2.75) is 48.5 Å². The number of sulfone groups is 1. The molecule has 4 heterocycles. The van der Waals surface area contributed by atoms with Crippen molar-refractivity contribution in [1.82, 2.24) is 24.8 Å². The van der Waals surface area contributed by atoms with Crippen molar-refractivity contribution in [3.05, 3.63) is 66.2 Å². The number of hydrogen-bond donors (Lipinski definition) is 1. The van der Waals surface area contributed by atoms with E-state index >= 15 is 0 Å². The molecule has 0 unspecified atom stereocenters. The molecule has 4 aromatic rings. The van der Waals surface area contributed by atoms with E-state index in [1.54, 1.807) is 36.7 Å². The van der Waals surface area contributed by atoms with Gasteiger partial charge in [0.25, 0.3) is 5.91 Å². The van der Waals surface area contributed by atoms with E-state index in [0.717, 1.165) is 25.9 Å². The van der Waals surface area contributed by atoms with Crippen molar-refractivity contribution < 1.29 is 22.8 Å². The third-order valence-corrected chi connectivity index (χ3v) is 10.2. The maximum absolute atomic E-state index is 13.4. The lowest BCUT2D eigenvalue weighted by Gasteiger charge is -2.28. The summed E-state index contributed by atoms with van der Waals surface area (Å²) >= 11 is 1.21. The number of likely N-dealkylation sites (tertiary alicyclic amines) is 1. The second-order valence-corrected chi connectivity index (χ2v) is 13.4. The fourth-order valence-electron chi connectivity index (χ4n) is 4.51. The number of anilines is 1. The first kappa shape index (κ1) is 28.1. The Kier molecular flexibility index (Phi) is 8.09. The highest BCUT2D eigenvalue weighted by atomic mass is 32.2. The van der Waals surface area contributed by atoms with Crippen molar-refractivity contribution in [2.24, 2.45) is 5.16 Å². The summed E-state index contributed by atoms with van der Waals surface area (Å²) in [6, 6.07) is 11.3. The molecule has 0 atom stereocenters. The van der Waals surface area contributed by atoms with Gasteiger partial charge in [-0.2, -0.15) is 0 Å². The molecule has 1 aliphatic carbocycles. The third-order valence-electron chi connectivity index (χ3n) is 7.01. The summed E-state index contributed by atoms with van der Waals surface area (Å²) in [4.78, 5) is 39.3. The summed E-state index contributed by atoms with van der Waals surface area (Å²) in [6.45, 7) is 1.90. The third kappa shape index (κ3) is 6.55. The Balaban J connectivity index is 1.20. The Morgan fingerprint density at radius 1 is 1.05 bits per heavy atom. The molecular weight excluding hydrogens is 578 g/mol. The number of aromatic nitrogens is 4. The number of nitrogens with one attached hydrogen (secondary N) is 1. The van der Waals surface area contributed by atoms with Gasteiger partial charge in [-0.3, -0.25) is 10.1 Å². The van der Waals surface area contributed by atoms with Gasteiger partial charge in [0.05, 0.1) is 10.1 Å². The first-order valence-corrected chi connectivity index (χ1v) is 16.0. The minimum absolute atomic E-state index is 0.0557. The molecule has 0 radical (unpaired) electrons. The van der Waals surface area contributed by atoms with Crippen LogP contribution in [0.3, 0.4) is 0 Å². The van der Waals surface area contributed by atoms with Gasteiger partial charge in [0.2, 0.25) is 5.88 Å². The average molecular weight is 608 g/mol. The predicted molar refractivity (Wildman–Crippen MR) is 157 cm³/mol. The Labute approximate surface area is 246 Å². The van der Waals surface area contributed by atoms with E-state index in [1.165, 1.54) is 23.5 Å². The second kappa shape index (κ2) is 12.1. The summed E-state index contributed by atoms with van der Waals surface area (Å²) in [7, 11) is -1.28. The highest BCUT2D eigenvalue weighted by molar-refractivity contribution is 7.92. The van der Waals surface area contributed by atoms with Gasteiger partial charge < -0.3 is 14.5 Å². The smallest absolute Gasteiger partial charge is 0.280 e. The molecule has 1 saturated heterocycles. The van der Waals surface area contributed by atoms with E-state index in [1.807, 2.05) is 6.07 Å². The zero-order valence-electron chi connectivity index (χ0n) is 22.8. The number of carbonyl (C=O) groups is 1.